The Morgan fingerprint density at radius 1 is 0.968 bits per heavy atom. The van der Waals surface area contributed by atoms with E-state index in [1.165, 1.54) is 0 Å². The number of amides is 2. The van der Waals surface area contributed by atoms with Crippen LogP contribution in [0.1, 0.15) is 17.3 Å². The van der Waals surface area contributed by atoms with E-state index >= 15 is 0 Å². The van der Waals surface area contributed by atoms with Gasteiger partial charge < -0.3 is 25.1 Å². The predicted octanol–water partition coefficient (Wildman–Crippen LogP) is 4.39. The molecule has 7 nitrogen and oxygen atoms in total. The van der Waals surface area contributed by atoms with Gasteiger partial charge in [-0.2, -0.15) is 0 Å². The van der Waals surface area contributed by atoms with Gasteiger partial charge in [-0.1, -0.05) is 24.3 Å². The van der Waals surface area contributed by atoms with E-state index in [1.54, 1.807) is 51.4 Å². The molecule has 4 rings (SSSR count). The number of hydrogen-bond donors (Lipinski definition) is 3. The molecule has 3 N–H and O–H groups in total. The molecule has 4 aromatic rings. The summed E-state index contributed by atoms with van der Waals surface area (Å²) < 4.78 is 11.4. The number of fused-ring (bicyclic) bond motifs is 3. The Kier molecular flexibility index (Phi) is 5.49. The largest absolute Gasteiger partial charge is 0.495 e. The molecule has 0 aliphatic heterocycles. The zero-order valence-corrected chi connectivity index (χ0v) is 17.5. The maximum atomic E-state index is 12.8. The minimum absolute atomic E-state index is 0.190. The molecule has 0 unspecified atom stereocenters. The number of anilines is 2. The standard InChI is InChI=1S/C24H23N3O4/c1-14(26-16-8-6-7-15(11-16)24(29)25-2)23(28)27-19-13-21-18(12-22(19)30-3)17-9-4-5-10-20(17)31-21/h4-14,26H,1-3H3,(H,25,29)(H,27,28)/t14-/m0/s1. The van der Waals surface area contributed by atoms with Crippen molar-refractivity contribution < 1.29 is 18.7 Å². The highest BCUT2D eigenvalue weighted by Gasteiger charge is 2.18. The molecule has 0 aliphatic rings. The highest BCUT2D eigenvalue weighted by atomic mass is 16.5. The molecule has 0 radical (unpaired) electrons. The summed E-state index contributed by atoms with van der Waals surface area (Å²) in [5, 5.41) is 10.5. The van der Waals surface area contributed by atoms with Gasteiger partial charge in [0.05, 0.1) is 12.8 Å². The van der Waals surface area contributed by atoms with E-state index in [0.717, 1.165) is 16.4 Å². The van der Waals surface area contributed by atoms with Gasteiger partial charge in [0.25, 0.3) is 5.91 Å². The number of benzene rings is 3. The van der Waals surface area contributed by atoms with Crippen molar-refractivity contribution >= 4 is 45.1 Å². The van der Waals surface area contributed by atoms with Crippen LogP contribution in [0.5, 0.6) is 5.75 Å². The van der Waals surface area contributed by atoms with Gasteiger partial charge in [-0.05, 0) is 37.3 Å². The quantitative estimate of drug-likeness (QED) is 0.433. The van der Waals surface area contributed by atoms with Crippen molar-refractivity contribution in [3.05, 3.63) is 66.2 Å². The first-order valence-electron chi connectivity index (χ1n) is 9.89. The second-order valence-corrected chi connectivity index (χ2v) is 7.16. The van der Waals surface area contributed by atoms with Crippen LogP contribution in [0.4, 0.5) is 11.4 Å². The SMILES string of the molecule is CNC(=O)c1cccc(N[C@@H](C)C(=O)Nc2cc3oc4ccccc4c3cc2OC)c1. The summed E-state index contributed by atoms with van der Waals surface area (Å²) in [5.74, 6) is 0.102. The van der Waals surface area contributed by atoms with Crippen molar-refractivity contribution in [1.29, 1.82) is 0 Å². The van der Waals surface area contributed by atoms with Crippen LogP contribution in [0.25, 0.3) is 21.9 Å². The first kappa shape index (κ1) is 20.3. The lowest BCUT2D eigenvalue weighted by Gasteiger charge is -2.17. The van der Waals surface area contributed by atoms with Gasteiger partial charge in [0, 0.05) is 35.1 Å². The lowest BCUT2D eigenvalue weighted by atomic mass is 10.1. The molecule has 158 valence electrons. The first-order chi connectivity index (χ1) is 15.0. The van der Waals surface area contributed by atoms with E-state index in [9.17, 15) is 9.59 Å². The summed E-state index contributed by atoms with van der Waals surface area (Å²) in [6.07, 6.45) is 0. The minimum Gasteiger partial charge on any atom is -0.495 e. The van der Waals surface area contributed by atoms with Crippen LogP contribution < -0.4 is 20.7 Å². The van der Waals surface area contributed by atoms with Crippen molar-refractivity contribution in [2.24, 2.45) is 0 Å². The lowest BCUT2D eigenvalue weighted by Crippen LogP contribution is -2.32. The third-order valence-electron chi connectivity index (χ3n) is 5.08. The van der Waals surface area contributed by atoms with Gasteiger partial charge in [-0.15, -0.1) is 0 Å². The Balaban J connectivity index is 1.56. The summed E-state index contributed by atoms with van der Waals surface area (Å²) in [7, 11) is 3.13. The van der Waals surface area contributed by atoms with Crippen LogP contribution in [-0.4, -0.2) is 32.0 Å². The molecule has 2 amide bonds. The molecular weight excluding hydrogens is 394 g/mol. The monoisotopic (exact) mass is 417 g/mol. The fourth-order valence-corrected chi connectivity index (χ4v) is 3.47. The zero-order chi connectivity index (χ0) is 22.0. The molecule has 1 heterocycles. The van der Waals surface area contributed by atoms with Gasteiger partial charge in [0.2, 0.25) is 5.91 Å². The number of ether oxygens (including phenoxy) is 1. The fourth-order valence-electron chi connectivity index (χ4n) is 3.47. The van der Waals surface area contributed by atoms with E-state index < -0.39 is 6.04 Å². The summed E-state index contributed by atoms with van der Waals surface area (Å²) in [6.45, 7) is 1.74. The van der Waals surface area contributed by atoms with Crippen LogP contribution in [0.2, 0.25) is 0 Å². The summed E-state index contributed by atoms with van der Waals surface area (Å²) in [6, 6.07) is 17.8. The van der Waals surface area contributed by atoms with Gasteiger partial charge >= 0.3 is 0 Å². The molecule has 3 aromatic carbocycles. The Morgan fingerprint density at radius 3 is 2.55 bits per heavy atom. The number of furan rings is 1. The Bertz CT molecular complexity index is 1280. The number of hydrogen-bond acceptors (Lipinski definition) is 5. The van der Waals surface area contributed by atoms with Crippen molar-refractivity contribution in [2.45, 2.75) is 13.0 Å². The van der Waals surface area contributed by atoms with Gasteiger partial charge in [-0.3, -0.25) is 9.59 Å². The Hall–Kier alpha value is -4.00. The van der Waals surface area contributed by atoms with Gasteiger partial charge in [0.1, 0.15) is 23.0 Å². The topological polar surface area (TPSA) is 92.6 Å². The van der Waals surface area contributed by atoms with Crippen molar-refractivity contribution in [3.63, 3.8) is 0 Å². The predicted molar refractivity (Wildman–Crippen MR) is 122 cm³/mol. The molecule has 0 fully saturated rings. The molecular formula is C24H23N3O4. The zero-order valence-electron chi connectivity index (χ0n) is 17.5. The van der Waals surface area contributed by atoms with E-state index in [-0.39, 0.29) is 11.8 Å². The van der Waals surface area contributed by atoms with Crippen LogP contribution in [0.15, 0.2) is 65.1 Å². The number of carbonyl (C=O) groups excluding carboxylic acids is 2. The smallest absolute Gasteiger partial charge is 0.251 e. The highest BCUT2D eigenvalue weighted by Crippen LogP contribution is 2.36. The Morgan fingerprint density at radius 2 is 1.77 bits per heavy atom. The lowest BCUT2D eigenvalue weighted by molar-refractivity contribution is -0.116. The summed E-state index contributed by atoms with van der Waals surface area (Å²) in [4.78, 5) is 24.7. The second-order valence-electron chi connectivity index (χ2n) is 7.16. The third kappa shape index (κ3) is 4.02. The molecule has 0 aliphatic carbocycles. The van der Waals surface area contributed by atoms with Gasteiger partial charge in [-0.25, -0.2) is 0 Å². The van der Waals surface area contributed by atoms with Crippen LogP contribution in [0, 0.1) is 0 Å². The first-order valence-corrected chi connectivity index (χ1v) is 9.89. The maximum Gasteiger partial charge on any atom is 0.251 e. The number of rotatable bonds is 6. The number of nitrogens with one attached hydrogen (secondary N) is 3. The third-order valence-corrected chi connectivity index (χ3v) is 5.08. The number of carbonyl (C=O) groups is 2. The van der Waals surface area contributed by atoms with Crippen LogP contribution in [0.3, 0.4) is 0 Å². The van der Waals surface area contributed by atoms with Crippen molar-refractivity contribution in [3.8, 4) is 5.75 Å². The number of methoxy groups -OCH3 is 1. The van der Waals surface area contributed by atoms with E-state index in [4.69, 9.17) is 9.15 Å². The average molecular weight is 417 g/mol. The van der Waals surface area contributed by atoms with Crippen molar-refractivity contribution in [2.75, 3.05) is 24.8 Å². The molecule has 7 heteroatoms. The second kappa shape index (κ2) is 8.39. The van der Waals surface area contributed by atoms with E-state index in [0.29, 0.717) is 28.3 Å². The molecule has 0 saturated heterocycles. The van der Waals surface area contributed by atoms with Crippen LogP contribution >= 0.6 is 0 Å². The van der Waals surface area contributed by atoms with Crippen molar-refractivity contribution in [1.82, 2.24) is 5.32 Å². The molecule has 1 aromatic heterocycles. The Labute approximate surface area is 179 Å². The maximum absolute atomic E-state index is 12.8. The normalized spacial score (nSPS) is 11.8. The molecule has 1 atom stereocenters. The summed E-state index contributed by atoms with van der Waals surface area (Å²) >= 11 is 0. The summed E-state index contributed by atoms with van der Waals surface area (Å²) in [5.41, 5.74) is 3.14. The molecule has 31 heavy (non-hydrogen) atoms. The van der Waals surface area contributed by atoms with Crippen LogP contribution in [-0.2, 0) is 4.79 Å². The molecule has 0 saturated carbocycles. The van der Waals surface area contributed by atoms with E-state index in [2.05, 4.69) is 16.0 Å². The minimum atomic E-state index is -0.559. The fraction of sp³-hybridized carbons (Fsp3) is 0.167. The molecule has 0 bridgehead atoms. The average Bonchev–Trinajstić information content (AvgIpc) is 3.15. The number of para-hydroxylation sites is 1. The molecule has 0 spiro atoms. The van der Waals surface area contributed by atoms with E-state index in [1.807, 2.05) is 30.3 Å². The highest BCUT2D eigenvalue weighted by molar-refractivity contribution is 6.08. The van der Waals surface area contributed by atoms with Gasteiger partial charge in [0.15, 0.2) is 0 Å².